The molecule has 0 heterocycles. The lowest BCUT2D eigenvalue weighted by Crippen LogP contribution is -2.26. The normalized spacial score (nSPS) is 10.3. The predicted octanol–water partition coefficient (Wildman–Crippen LogP) is 4.01. The van der Waals surface area contributed by atoms with E-state index in [-0.39, 0.29) is 5.91 Å². The third-order valence-corrected chi connectivity index (χ3v) is 3.36. The fraction of sp³-hybridized carbons (Fsp3) is 0.188. The maximum absolute atomic E-state index is 12.3. The minimum atomic E-state index is -0.0216. The molecule has 0 saturated carbocycles. The van der Waals surface area contributed by atoms with Gasteiger partial charge < -0.3 is 4.90 Å². The van der Waals surface area contributed by atoms with Crippen LogP contribution in [0.15, 0.2) is 48.5 Å². The van der Waals surface area contributed by atoms with Crippen LogP contribution in [0.2, 0.25) is 0 Å². The molecule has 0 aliphatic carbocycles. The Hall–Kier alpha value is -1.80. The summed E-state index contributed by atoms with van der Waals surface area (Å²) in [6, 6.07) is 15.3. The minimum absolute atomic E-state index is 0.0216. The van der Waals surface area contributed by atoms with Gasteiger partial charge in [-0.05, 0) is 42.3 Å². The van der Waals surface area contributed by atoms with Crippen LogP contribution < -0.4 is 4.90 Å². The van der Waals surface area contributed by atoms with Crippen LogP contribution in [0.5, 0.6) is 0 Å². The summed E-state index contributed by atoms with van der Waals surface area (Å²) in [7, 11) is 1.78. The van der Waals surface area contributed by atoms with Crippen molar-refractivity contribution in [3.05, 3.63) is 65.2 Å². The molecule has 0 atom stereocenters. The number of alkyl halides is 1. The maximum atomic E-state index is 12.3. The predicted molar refractivity (Wildman–Crippen MR) is 79.9 cm³/mol. The van der Waals surface area contributed by atoms with Crippen LogP contribution in [0.3, 0.4) is 0 Å². The van der Waals surface area contributed by atoms with Crippen LogP contribution >= 0.6 is 11.6 Å². The summed E-state index contributed by atoms with van der Waals surface area (Å²) < 4.78 is 0. The van der Waals surface area contributed by atoms with Crippen molar-refractivity contribution >= 4 is 23.2 Å². The van der Waals surface area contributed by atoms with Gasteiger partial charge in [0.25, 0.3) is 5.91 Å². The second-order valence-corrected chi connectivity index (χ2v) is 4.80. The number of benzene rings is 2. The van der Waals surface area contributed by atoms with Crippen LogP contribution in [0.25, 0.3) is 0 Å². The average Bonchev–Trinajstić information content (AvgIpc) is 2.46. The highest BCUT2D eigenvalue weighted by atomic mass is 35.5. The van der Waals surface area contributed by atoms with E-state index < -0.39 is 0 Å². The summed E-state index contributed by atoms with van der Waals surface area (Å²) in [5, 5.41) is 0. The van der Waals surface area contributed by atoms with Crippen LogP contribution in [0.1, 0.15) is 21.5 Å². The van der Waals surface area contributed by atoms with Gasteiger partial charge in [-0.2, -0.15) is 0 Å². The van der Waals surface area contributed by atoms with E-state index in [0.29, 0.717) is 11.4 Å². The molecule has 3 heteroatoms. The van der Waals surface area contributed by atoms with E-state index in [2.05, 4.69) is 0 Å². The topological polar surface area (TPSA) is 20.3 Å². The molecule has 0 bridgehead atoms. The molecule has 19 heavy (non-hydrogen) atoms. The molecule has 0 radical (unpaired) electrons. The van der Waals surface area contributed by atoms with Crippen molar-refractivity contribution in [1.82, 2.24) is 0 Å². The summed E-state index contributed by atoms with van der Waals surface area (Å²) in [6.07, 6.45) is 0. The molecular formula is C16H16ClNO. The van der Waals surface area contributed by atoms with Crippen molar-refractivity contribution in [3.63, 3.8) is 0 Å². The fourth-order valence-electron chi connectivity index (χ4n) is 1.88. The largest absolute Gasteiger partial charge is 0.311 e. The van der Waals surface area contributed by atoms with Gasteiger partial charge in [-0.1, -0.05) is 24.3 Å². The number of rotatable bonds is 3. The first-order chi connectivity index (χ1) is 9.11. The highest BCUT2D eigenvalue weighted by Crippen LogP contribution is 2.17. The Kier molecular flexibility index (Phi) is 4.23. The Bertz CT molecular complexity index is 578. The zero-order valence-electron chi connectivity index (χ0n) is 11.1. The molecule has 98 valence electrons. The van der Waals surface area contributed by atoms with Gasteiger partial charge in [0, 0.05) is 24.2 Å². The van der Waals surface area contributed by atoms with Crippen LogP contribution in [-0.4, -0.2) is 13.0 Å². The molecule has 2 nitrogen and oxygen atoms in total. The number of aryl methyl sites for hydroxylation is 1. The van der Waals surface area contributed by atoms with Crippen LogP contribution in [0, 0.1) is 6.92 Å². The molecule has 0 fully saturated rings. The molecule has 0 aromatic heterocycles. The van der Waals surface area contributed by atoms with Gasteiger partial charge in [-0.15, -0.1) is 11.6 Å². The van der Waals surface area contributed by atoms with Crippen molar-refractivity contribution in [3.8, 4) is 0 Å². The first kappa shape index (κ1) is 13.6. The monoisotopic (exact) mass is 273 g/mol. The van der Waals surface area contributed by atoms with Gasteiger partial charge in [0.1, 0.15) is 0 Å². The van der Waals surface area contributed by atoms with Crippen molar-refractivity contribution in [1.29, 1.82) is 0 Å². The molecule has 1 amide bonds. The smallest absolute Gasteiger partial charge is 0.258 e. The lowest BCUT2D eigenvalue weighted by atomic mass is 10.1. The highest BCUT2D eigenvalue weighted by molar-refractivity contribution is 6.17. The average molecular weight is 274 g/mol. The summed E-state index contributed by atoms with van der Waals surface area (Å²) in [4.78, 5) is 14.0. The Morgan fingerprint density at radius 3 is 2.42 bits per heavy atom. The molecule has 0 spiro atoms. The van der Waals surface area contributed by atoms with E-state index in [4.69, 9.17) is 11.6 Å². The quantitative estimate of drug-likeness (QED) is 0.774. The molecule has 0 aliphatic heterocycles. The second kappa shape index (κ2) is 5.89. The lowest BCUT2D eigenvalue weighted by Gasteiger charge is -2.18. The molecule has 0 unspecified atom stereocenters. The standard InChI is InChI=1S/C16H16ClNO/c1-12-4-3-5-15(10-12)18(2)16(19)14-8-6-13(11-17)7-9-14/h3-10H,11H2,1-2H3. The van der Waals surface area contributed by atoms with Gasteiger partial charge in [0.2, 0.25) is 0 Å². The number of halogens is 1. The van der Waals surface area contributed by atoms with Gasteiger partial charge in [-0.25, -0.2) is 0 Å². The summed E-state index contributed by atoms with van der Waals surface area (Å²) in [5.41, 5.74) is 3.70. The Morgan fingerprint density at radius 1 is 1.16 bits per heavy atom. The number of carbonyl (C=O) groups excluding carboxylic acids is 1. The Morgan fingerprint density at radius 2 is 1.84 bits per heavy atom. The van der Waals surface area contributed by atoms with Gasteiger partial charge >= 0.3 is 0 Å². The van der Waals surface area contributed by atoms with Crippen molar-refractivity contribution in [2.24, 2.45) is 0 Å². The van der Waals surface area contributed by atoms with Gasteiger partial charge in [-0.3, -0.25) is 4.79 Å². The number of amides is 1. The van der Waals surface area contributed by atoms with Crippen molar-refractivity contribution in [2.75, 3.05) is 11.9 Å². The van der Waals surface area contributed by atoms with Gasteiger partial charge in [0.05, 0.1) is 0 Å². The summed E-state index contributed by atoms with van der Waals surface area (Å²) in [6.45, 7) is 2.01. The van der Waals surface area contributed by atoms with Crippen LogP contribution in [-0.2, 0) is 5.88 Å². The maximum Gasteiger partial charge on any atom is 0.258 e. The second-order valence-electron chi connectivity index (χ2n) is 4.53. The third-order valence-electron chi connectivity index (χ3n) is 3.05. The molecular weight excluding hydrogens is 258 g/mol. The van der Waals surface area contributed by atoms with Crippen molar-refractivity contribution < 1.29 is 4.79 Å². The number of nitrogens with zero attached hydrogens (tertiary/aromatic N) is 1. The Balaban J connectivity index is 2.23. The number of hydrogen-bond acceptors (Lipinski definition) is 1. The Labute approximate surface area is 118 Å². The lowest BCUT2D eigenvalue weighted by molar-refractivity contribution is 0.0993. The molecule has 2 aromatic carbocycles. The van der Waals surface area contributed by atoms with E-state index in [9.17, 15) is 4.79 Å². The first-order valence-electron chi connectivity index (χ1n) is 6.11. The molecule has 0 N–H and O–H groups in total. The highest BCUT2D eigenvalue weighted by Gasteiger charge is 2.13. The molecule has 0 aliphatic rings. The van der Waals surface area contributed by atoms with Crippen LogP contribution in [0.4, 0.5) is 5.69 Å². The van der Waals surface area contributed by atoms with E-state index in [1.54, 1.807) is 11.9 Å². The third kappa shape index (κ3) is 3.15. The van der Waals surface area contributed by atoms with Crippen molar-refractivity contribution in [2.45, 2.75) is 12.8 Å². The summed E-state index contributed by atoms with van der Waals surface area (Å²) in [5.74, 6) is 0.439. The fourth-order valence-corrected chi connectivity index (χ4v) is 2.06. The molecule has 2 rings (SSSR count). The molecule has 0 saturated heterocycles. The number of hydrogen-bond donors (Lipinski definition) is 0. The SMILES string of the molecule is Cc1cccc(N(C)C(=O)c2ccc(CCl)cc2)c1. The van der Waals surface area contributed by atoms with E-state index in [0.717, 1.165) is 16.8 Å². The molecule has 2 aromatic rings. The summed E-state index contributed by atoms with van der Waals surface area (Å²) >= 11 is 5.74. The zero-order valence-corrected chi connectivity index (χ0v) is 11.8. The number of anilines is 1. The first-order valence-corrected chi connectivity index (χ1v) is 6.65. The number of carbonyl (C=O) groups is 1. The van der Waals surface area contributed by atoms with E-state index >= 15 is 0 Å². The van der Waals surface area contributed by atoms with E-state index in [1.807, 2.05) is 55.5 Å². The zero-order chi connectivity index (χ0) is 13.8. The van der Waals surface area contributed by atoms with Gasteiger partial charge in [0.15, 0.2) is 0 Å². The minimum Gasteiger partial charge on any atom is -0.311 e. The van der Waals surface area contributed by atoms with E-state index in [1.165, 1.54) is 0 Å².